The molecule has 2 atom stereocenters. The molecule has 0 aliphatic heterocycles. The number of benzene rings is 4. The number of aliphatic hydroxyl groups excluding tert-OH is 1. The van der Waals surface area contributed by atoms with E-state index in [2.05, 4.69) is 125 Å². The number of fused-ring (bicyclic) bond motifs is 3. The quantitative estimate of drug-likeness (QED) is 0.187. The first-order valence-corrected chi connectivity index (χ1v) is 14.0. The second-order valence-electron chi connectivity index (χ2n) is 10.0. The Morgan fingerprint density at radius 3 is 1.67 bits per heavy atom. The third-order valence-corrected chi connectivity index (χ3v) is 7.48. The molecule has 4 aromatic carbocycles. The van der Waals surface area contributed by atoms with E-state index in [1.807, 2.05) is 12.1 Å². The predicted octanol–water partition coefficient (Wildman–Crippen LogP) is 6.72. The summed E-state index contributed by atoms with van der Waals surface area (Å²) in [5, 5.41) is 13.4. The van der Waals surface area contributed by atoms with Gasteiger partial charge in [0.15, 0.2) is 0 Å². The number of hydrogen-bond donors (Lipinski definition) is 1. The molecule has 1 aromatic heterocycles. The smallest absolute Gasteiger partial charge is 0.0934 e. The minimum Gasteiger partial charge on any atom is -0.389 e. The highest BCUT2D eigenvalue weighted by molar-refractivity contribution is 6.07. The number of aliphatic hydroxyl groups is 1. The summed E-state index contributed by atoms with van der Waals surface area (Å²) in [6.07, 6.45) is -0.719. The molecular formula is C34H39N3O2. The molecule has 202 valence electrons. The van der Waals surface area contributed by atoms with Gasteiger partial charge in [-0.1, -0.05) is 86.6 Å². The second kappa shape index (κ2) is 12.9. The monoisotopic (exact) mass is 521 g/mol. The van der Waals surface area contributed by atoms with Gasteiger partial charge >= 0.3 is 0 Å². The van der Waals surface area contributed by atoms with Crippen molar-refractivity contribution in [2.24, 2.45) is 0 Å². The van der Waals surface area contributed by atoms with Gasteiger partial charge in [0.2, 0.25) is 0 Å². The van der Waals surface area contributed by atoms with E-state index in [-0.39, 0.29) is 12.7 Å². The lowest BCUT2D eigenvalue weighted by molar-refractivity contribution is -0.0217. The summed E-state index contributed by atoms with van der Waals surface area (Å²) in [5.74, 6) is 0. The summed E-state index contributed by atoms with van der Waals surface area (Å²) in [5.41, 5.74) is 4.62. The van der Waals surface area contributed by atoms with E-state index in [0.717, 1.165) is 24.5 Å². The van der Waals surface area contributed by atoms with Gasteiger partial charge in [0.1, 0.15) is 0 Å². The molecule has 1 N–H and O–H groups in total. The average Bonchev–Trinajstić information content (AvgIpc) is 3.31. The molecular weight excluding hydrogens is 482 g/mol. The predicted molar refractivity (Wildman–Crippen MR) is 163 cm³/mol. The first kappa shape index (κ1) is 26.9. The Balaban J connectivity index is 1.49. The maximum atomic E-state index is 10.9. The van der Waals surface area contributed by atoms with Crippen LogP contribution in [0, 0.1) is 0 Å². The molecule has 0 unspecified atom stereocenters. The Labute approximate surface area is 231 Å². The Morgan fingerprint density at radius 1 is 0.667 bits per heavy atom. The maximum Gasteiger partial charge on any atom is 0.0934 e. The van der Waals surface area contributed by atoms with Crippen molar-refractivity contribution in [1.82, 2.24) is 9.47 Å². The van der Waals surface area contributed by atoms with E-state index in [1.165, 1.54) is 21.8 Å². The number of aromatic nitrogens is 1. The molecule has 5 nitrogen and oxygen atoms in total. The molecule has 0 saturated heterocycles. The Kier molecular flexibility index (Phi) is 8.94. The van der Waals surface area contributed by atoms with Crippen LogP contribution in [0.3, 0.4) is 0 Å². The zero-order chi connectivity index (χ0) is 27.0. The van der Waals surface area contributed by atoms with E-state index < -0.39 is 6.10 Å². The van der Waals surface area contributed by atoms with Crippen LogP contribution in [0.1, 0.15) is 13.8 Å². The number of hydrogen-bond acceptors (Lipinski definition) is 4. The summed E-state index contributed by atoms with van der Waals surface area (Å²) >= 11 is 0. The zero-order valence-corrected chi connectivity index (χ0v) is 23.0. The molecule has 0 saturated carbocycles. The summed E-state index contributed by atoms with van der Waals surface area (Å²) in [6.45, 7) is 8.28. The molecule has 0 fully saturated rings. The Hall–Kier alpha value is -3.64. The zero-order valence-electron chi connectivity index (χ0n) is 23.0. The van der Waals surface area contributed by atoms with Crippen molar-refractivity contribution in [3.05, 3.63) is 109 Å². The van der Waals surface area contributed by atoms with E-state index >= 15 is 0 Å². The van der Waals surface area contributed by atoms with Gasteiger partial charge in [0, 0.05) is 39.7 Å². The number of para-hydroxylation sites is 4. The molecule has 5 heteroatoms. The van der Waals surface area contributed by atoms with Crippen LogP contribution in [0.4, 0.5) is 11.4 Å². The van der Waals surface area contributed by atoms with Crippen LogP contribution in [-0.2, 0) is 11.3 Å². The largest absolute Gasteiger partial charge is 0.389 e. The van der Waals surface area contributed by atoms with Crippen molar-refractivity contribution in [3.63, 3.8) is 0 Å². The fourth-order valence-electron chi connectivity index (χ4n) is 5.43. The average molecular weight is 522 g/mol. The number of likely N-dealkylation sites (N-methyl/N-ethyl adjacent to an activating group) is 1. The van der Waals surface area contributed by atoms with E-state index in [4.69, 9.17) is 4.74 Å². The molecule has 0 aliphatic carbocycles. The molecule has 5 aromatic rings. The number of rotatable bonds is 13. The summed E-state index contributed by atoms with van der Waals surface area (Å²) in [7, 11) is 0. The molecule has 0 aliphatic rings. The summed E-state index contributed by atoms with van der Waals surface area (Å²) in [6, 6.07) is 38.1. The molecule has 0 spiro atoms. The number of nitrogens with zero attached hydrogens (tertiary/aromatic N) is 3. The maximum absolute atomic E-state index is 10.9. The van der Waals surface area contributed by atoms with Gasteiger partial charge in [-0.25, -0.2) is 0 Å². The third-order valence-electron chi connectivity index (χ3n) is 7.48. The van der Waals surface area contributed by atoms with Crippen LogP contribution in [0.5, 0.6) is 0 Å². The highest BCUT2D eigenvalue weighted by atomic mass is 16.5. The first-order valence-electron chi connectivity index (χ1n) is 14.0. The fourth-order valence-corrected chi connectivity index (χ4v) is 5.43. The third kappa shape index (κ3) is 6.34. The van der Waals surface area contributed by atoms with E-state index in [9.17, 15) is 5.11 Å². The van der Waals surface area contributed by atoms with Crippen molar-refractivity contribution in [2.45, 2.75) is 32.6 Å². The van der Waals surface area contributed by atoms with Gasteiger partial charge < -0.3 is 24.2 Å². The van der Waals surface area contributed by atoms with E-state index in [1.54, 1.807) is 0 Å². The summed E-state index contributed by atoms with van der Waals surface area (Å²) in [4.78, 5) is 4.55. The van der Waals surface area contributed by atoms with Gasteiger partial charge in [0.05, 0.1) is 31.9 Å². The van der Waals surface area contributed by atoms with Crippen molar-refractivity contribution >= 4 is 33.2 Å². The van der Waals surface area contributed by atoms with Crippen LogP contribution in [0.2, 0.25) is 0 Å². The van der Waals surface area contributed by atoms with Crippen molar-refractivity contribution in [1.29, 1.82) is 0 Å². The minimum absolute atomic E-state index is 0.170. The molecule has 39 heavy (non-hydrogen) atoms. The molecule has 0 amide bonds. The lowest BCUT2D eigenvalue weighted by atomic mass is 10.2. The van der Waals surface area contributed by atoms with Gasteiger partial charge in [-0.15, -0.1) is 0 Å². The highest BCUT2D eigenvalue weighted by Gasteiger charge is 2.22. The highest BCUT2D eigenvalue weighted by Crippen LogP contribution is 2.30. The standard InChI is InChI=1S/C34H39N3O2/c1-3-35(4-2)23-29(38)26-39-30(24-36(27-15-7-5-8-16-27)28-17-9-6-10-18-28)25-37-33-21-13-11-19-31(33)32-20-12-14-22-34(32)37/h5-22,29-30,38H,3-4,23-26H2,1-2H3/t29-,30-/m1/s1. The van der Waals surface area contributed by atoms with Gasteiger partial charge in [-0.05, 0) is 49.5 Å². The number of ether oxygens (including phenoxy) is 1. The SMILES string of the molecule is CCN(CC)C[C@@H](O)CO[C@H](CN(c1ccccc1)c1ccccc1)Cn1c2ccccc2c2ccccc21. The summed E-state index contributed by atoms with van der Waals surface area (Å²) < 4.78 is 8.97. The molecule has 0 bridgehead atoms. The van der Waals surface area contributed by atoms with Crippen LogP contribution >= 0.6 is 0 Å². The molecule has 0 radical (unpaired) electrons. The fraction of sp³-hybridized carbons (Fsp3) is 0.294. The second-order valence-corrected chi connectivity index (χ2v) is 10.0. The van der Waals surface area contributed by atoms with Crippen LogP contribution in [0.25, 0.3) is 21.8 Å². The lowest BCUT2D eigenvalue weighted by Crippen LogP contribution is -2.39. The Morgan fingerprint density at radius 2 is 1.15 bits per heavy atom. The van der Waals surface area contributed by atoms with Crippen molar-refractivity contribution in [2.75, 3.05) is 37.7 Å². The number of anilines is 2. The molecule has 5 rings (SSSR count). The molecule has 1 heterocycles. The van der Waals surface area contributed by atoms with Gasteiger partial charge in [-0.2, -0.15) is 0 Å². The van der Waals surface area contributed by atoms with Gasteiger partial charge in [0.25, 0.3) is 0 Å². The lowest BCUT2D eigenvalue weighted by Gasteiger charge is -2.31. The topological polar surface area (TPSA) is 40.9 Å². The van der Waals surface area contributed by atoms with Gasteiger partial charge in [-0.3, -0.25) is 0 Å². The van der Waals surface area contributed by atoms with Crippen LogP contribution < -0.4 is 4.90 Å². The van der Waals surface area contributed by atoms with E-state index in [0.29, 0.717) is 19.6 Å². The Bertz CT molecular complexity index is 1350. The minimum atomic E-state index is -0.549. The van der Waals surface area contributed by atoms with Crippen LogP contribution in [-0.4, -0.2) is 59.6 Å². The van der Waals surface area contributed by atoms with Crippen LogP contribution in [0.15, 0.2) is 109 Å². The van der Waals surface area contributed by atoms with Crippen molar-refractivity contribution < 1.29 is 9.84 Å². The first-order chi connectivity index (χ1) is 19.2. The van der Waals surface area contributed by atoms with Crippen molar-refractivity contribution in [3.8, 4) is 0 Å². The normalized spacial score (nSPS) is 13.2.